The molecule has 2 nitrogen and oxygen atoms in total. The van der Waals surface area contributed by atoms with E-state index in [9.17, 15) is 0 Å². The van der Waals surface area contributed by atoms with E-state index in [0.29, 0.717) is 0 Å². The van der Waals surface area contributed by atoms with Crippen LogP contribution in [0.4, 0.5) is 0 Å². The fourth-order valence-corrected chi connectivity index (χ4v) is 8.47. The Bertz CT molecular complexity index is 2710. The van der Waals surface area contributed by atoms with Crippen LogP contribution in [-0.2, 0) is 0 Å². The topological polar surface area (TPSA) is 17.8 Å². The van der Waals surface area contributed by atoms with Crippen LogP contribution in [0.25, 0.3) is 92.1 Å². The number of thiophene rings is 1. The molecule has 48 heavy (non-hydrogen) atoms. The Morgan fingerprint density at radius 2 is 0.958 bits per heavy atom. The summed E-state index contributed by atoms with van der Waals surface area (Å²) in [5, 5.41) is 6.18. The third kappa shape index (κ3) is 4.22. The lowest BCUT2D eigenvalue weighted by Crippen LogP contribution is -1.94. The SMILES string of the molecule is c1ccc(-c2ccc3c(c2)c2cc(-c4ccccc4)ccc2n3-c2ccc(-c3c4ccccc4nc4sc5ccccc5c34)cc2)cc1. The van der Waals surface area contributed by atoms with Crippen molar-refractivity contribution in [2.24, 2.45) is 0 Å². The molecule has 3 aromatic heterocycles. The minimum atomic E-state index is 1.03. The maximum atomic E-state index is 5.10. The molecule has 10 aromatic rings. The van der Waals surface area contributed by atoms with Crippen LogP contribution in [-0.4, -0.2) is 9.55 Å². The molecule has 0 aliphatic carbocycles. The van der Waals surface area contributed by atoms with E-state index >= 15 is 0 Å². The van der Waals surface area contributed by atoms with E-state index in [1.807, 2.05) is 0 Å². The molecule has 224 valence electrons. The average molecular weight is 629 g/mol. The summed E-state index contributed by atoms with van der Waals surface area (Å²) < 4.78 is 3.68. The molecule has 3 heterocycles. The summed E-state index contributed by atoms with van der Waals surface area (Å²) in [6.45, 7) is 0. The van der Waals surface area contributed by atoms with Gasteiger partial charge in [-0.15, -0.1) is 11.3 Å². The van der Waals surface area contributed by atoms with Gasteiger partial charge < -0.3 is 4.57 Å². The van der Waals surface area contributed by atoms with Crippen molar-refractivity contribution in [2.45, 2.75) is 0 Å². The fourth-order valence-electron chi connectivity index (χ4n) is 7.38. The van der Waals surface area contributed by atoms with Crippen molar-refractivity contribution in [3.05, 3.63) is 170 Å². The van der Waals surface area contributed by atoms with Crippen molar-refractivity contribution in [3.8, 4) is 39.1 Å². The summed E-state index contributed by atoms with van der Waals surface area (Å²) in [7, 11) is 0. The minimum absolute atomic E-state index is 1.03. The molecule has 0 saturated carbocycles. The number of para-hydroxylation sites is 1. The van der Waals surface area contributed by atoms with Gasteiger partial charge in [0.05, 0.1) is 16.6 Å². The number of nitrogens with zero attached hydrogens (tertiary/aromatic N) is 2. The number of hydrogen-bond acceptors (Lipinski definition) is 2. The highest BCUT2D eigenvalue weighted by atomic mass is 32.1. The molecular weight excluding hydrogens is 601 g/mol. The third-order valence-corrected chi connectivity index (χ3v) is 10.7. The summed E-state index contributed by atoms with van der Waals surface area (Å²) in [5.74, 6) is 0. The van der Waals surface area contributed by atoms with Crippen LogP contribution in [0, 0.1) is 0 Å². The van der Waals surface area contributed by atoms with Gasteiger partial charge in [-0.25, -0.2) is 4.98 Å². The highest BCUT2D eigenvalue weighted by molar-refractivity contribution is 7.25. The molecule has 0 amide bonds. The highest BCUT2D eigenvalue weighted by Gasteiger charge is 2.18. The van der Waals surface area contributed by atoms with Gasteiger partial charge in [-0.2, -0.15) is 0 Å². The van der Waals surface area contributed by atoms with Crippen LogP contribution in [0.3, 0.4) is 0 Å². The number of rotatable bonds is 4. The Labute approximate surface area is 281 Å². The van der Waals surface area contributed by atoms with Crippen LogP contribution in [0.1, 0.15) is 0 Å². The summed E-state index contributed by atoms with van der Waals surface area (Å²) in [5.41, 5.74) is 11.9. The zero-order chi connectivity index (χ0) is 31.6. The first-order valence-corrected chi connectivity index (χ1v) is 17.1. The molecule has 0 aliphatic rings. The lowest BCUT2D eigenvalue weighted by molar-refractivity contribution is 1.18. The first-order valence-electron chi connectivity index (χ1n) is 16.3. The number of fused-ring (bicyclic) bond motifs is 7. The average Bonchev–Trinajstić information content (AvgIpc) is 3.69. The molecule has 0 unspecified atom stereocenters. The zero-order valence-electron chi connectivity index (χ0n) is 26.0. The molecule has 3 heteroatoms. The molecule has 0 bridgehead atoms. The quantitative estimate of drug-likeness (QED) is 0.190. The van der Waals surface area contributed by atoms with Crippen LogP contribution >= 0.6 is 11.3 Å². The molecule has 10 rings (SSSR count). The van der Waals surface area contributed by atoms with E-state index < -0.39 is 0 Å². The van der Waals surface area contributed by atoms with Gasteiger partial charge >= 0.3 is 0 Å². The third-order valence-electron chi connectivity index (χ3n) is 9.62. The van der Waals surface area contributed by atoms with E-state index in [1.54, 1.807) is 11.3 Å². The first kappa shape index (κ1) is 27.1. The first-order chi connectivity index (χ1) is 23.8. The molecule has 0 atom stereocenters. The largest absolute Gasteiger partial charge is 0.309 e. The van der Waals surface area contributed by atoms with Crippen LogP contribution < -0.4 is 0 Å². The molecule has 0 aliphatic heterocycles. The Morgan fingerprint density at radius 3 is 1.60 bits per heavy atom. The van der Waals surface area contributed by atoms with Gasteiger partial charge in [0.1, 0.15) is 4.83 Å². The molecular formula is C45H28N2S. The van der Waals surface area contributed by atoms with Crippen molar-refractivity contribution < 1.29 is 0 Å². The van der Waals surface area contributed by atoms with Crippen LogP contribution in [0.2, 0.25) is 0 Å². The molecule has 0 spiro atoms. The Morgan fingerprint density at radius 1 is 0.417 bits per heavy atom. The predicted molar refractivity (Wildman–Crippen MR) is 205 cm³/mol. The van der Waals surface area contributed by atoms with Gasteiger partial charge in [0.15, 0.2) is 0 Å². The van der Waals surface area contributed by atoms with Gasteiger partial charge in [-0.1, -0.05) is 121 Å². The van der Waals surface area contributed by atoms with Crippen molar-refractivity contribution >= 4 is 64.3 Å². The van der Waals surface area contributed by atoms with Gasteiger partial charge in [-0.05, 0) is 76.3 Å². The Hall–Kier alpha value is -6.03. The monoisotopic (exact) mass is 628 g/mol. The number of pyridine rings is 1. The Kier molecular flexibility index (Phi) is 6.08. The molecule has 7 aromatic carbocycles. The predicted octanol–water partition coefficient (Wildman–Crippen LogP) is 12.7. The second-order valence-electron chi connectivity index (χ2n) is 12.4. The van der Waals surface area contributed by atoms with E-state index in [1.165, 1.54) is 76.0 Å². The van der Waals surface area contributed by atoms with Crippen LogP contribution in [0.5, 0.6) is 0 Å². The minimum Gasteiger partial charge on any atom is -0.309 e. The number of benzene rings is 7. The smallest absolute Gasteiger partial charge is 0.125 e. The van der Waals surface area contributed by atoms with Crippen molar-refractivity contribution in [1.82, 2.24) is 9.55 Å². The summed E-state index contributed by atoms with van der Waals surface area (Å²) >= 11 is 1.77. The molecule has 0 N–H and O–H groups in total. The lowest BCUT2D eigenvalue weighted by Gasteiger charge is -2.12. The highest BCUT2D eigenvalue weighted by Crippen LogP contribution is 2.43. The van der Waals surface area contributed by atoms with Gasteiger partial charge in [-0.3, -0.25) is 0 Å². The number of hydrogen-bond donors (Lipinski definition) is 0. The maximum absolute atomic E-state index is 5.10. The standard InChI is InChI=1S/C45H28N2S/c1-3-11-29(12-4-1)32-21-25-40-37(27-32)38-28-33(30-13-5-2-6-14-30)22-26-41(38)47(40)34-23-19-31(20-24-34)43-35-15-7-9-17-39(35)46-45-44(43)36-16-8-10-18-42(36)48-45/h1-28H. The molecule has 0 saturated heterocycles. The van der Waals surface area contributed by atoms with Crippen LogP contribution in [0.15, 0.2) is 170 Å². The van der Waals surface area contributed by atoms with Crippen molar-refractivity contribution in [3.63, 3.8) is 0 Å². The maximum Gasteiger partial charge on any atom is 0.125 e. The second-order valence-corrected chi connectivity index (χ2v) is 13.4. The van der Waals surface area contributed by atoms with E-state index in [2.05, 4.69) is 174 Å². The Balaban J connectivity index is 1.19. The van der Waals surface area contributed by atoms with E-state index in [4.69, 9.17) is 4.98 Å². The normalized spacial score (nSPS) is 11.8. The van der Waals surface area contributed by atoms with Gasteiger partial charge in [0.2, 0.25) is 0 Å². The molecule has 0 radical (unpaired) electrons. The van der Waals surface area contributed by atoms with Crippen molar-refractivity contribution in [1.29, 1.82) is 0 Å². The van der Waals surface area contributed by atoms with Crippen molar-refractivity contribution in [2.75, 3.05) is 0 Å². The summed E-state index contributed by atoms with van der Waals surface area (Å²) in [4.78, 5) is 6.18. The van der Waals surface area contributed by atoms with E-state index in [0.717, 1.165) is 16.0 Å². The zero-order valence-corrected chi connectivity index (χ0v) is 26.8. The second kappa shape index (κ2) is 10.8. The summed E-state index contributed by atoms with van der Waals surface area (Å²) in [6, 6.07) is 61.4. The summed E-state index contributed by atoms with van der Waals surface area (Å²) in [6.07, 6.45) is 0. The fraction of sp³-hybridized carbons (Fsp3) is 0. The lowest BCUT2D eigenvalue weighted by atomic mass is 9.96. The van der Waals surface area contributed by atoms with Gasteiger partial charge in [0, 0.05) is 42.9 Å². The van der Waals surface area contributed by atoms with E-state index in [-0.39, 0.29) is 0 Å². The van der Waals surface area contributed by atoms with Gasteiger partial charge in [0.25, 0.3) is 0 Å². The number of aromatic nitrogens is 2. The molecule has 0 fully saturated rings.